The van der Waals surface area contributed by atoms with Crippen LogP contribution in [0.5, 0.6) is 0 Å². The van der Waals surface area contributed by atoms with Crippen LogP contribution in [0.4, 0.5) is 0 Å². The Hall–Kier alpha value is 1.50. The van der Waals surface area contributed by atoms with E-state index >= 15 is 0 Å². The second-order valence-electron chi connectivity index (χ2n) is 0.886. The minimum absolute atomic E-state index is 0.153. The van der Waals surface area contributed by atoms with Crippen LogP contribution < -0.4 is 0 Å². The molecule has 0 aromatic rings. The van der Waals surface area contributed by atoms with Gasteiger partial charge >= 0.3 is 75.5 Å². The van der Waals surface area contributed by atoms with Gasteiger partial charge in [-0.2, -0.15) is 0 Å². The molecule has 1 atom stereocenters. The van der Waals surface area contributed by atoms with Gasteiger partial charge in [-0.15, -0.1) is 0 Å². The second kappa shape index (κ2) is 8.50. The molecule has 0 fully saturated rings. The topological polar surface area (TPSA) is 0 Å². The average Bonchev–Trinajstić information content (AvgIpc) is 2.17. The zero-order valence-corrected chi connectivity index (χ0v) is 10.1. The Kier molecular flexibility index (Phi) is 10.1. The van der Waals surface area contributed by atoms with Gasteiger partial charge < -0.3 is 0 Å². The normalized spacial score (nSPS) is 15.8. The van der Waals surface area contributed by atoms with Crippen molar-refractivity contribution in [1.29, 1.82) is 0 Å². The maximum atomic E-state index is 4.93. The quantitative estimate of drug-likeness (QED) is 0.470. The molecule has 8 heavy (non-hydrogen) atoms. The van der Waals surface area contributed by atoms with Gasteiger partial charge in [0, 0.05) is 0 Å². The Balaban J connectivity index is 0.000000145. The van der Waals surface area contributed by atoms with E-state index in [2.05, 4.69) is 15.8 Å². The van der Waals surface area contributed by atoms with Gasteiger partial charge in [-0.05, 0) is 0 Å². The average molecular weight is 289 g/mol. The number of rotatable bonds is 0. The van der Waals surface area contributed by atoms with Gasteiger partial charge in [0.05, 0.1) is 0 Å². The molecule has 4 heteroatoms. The van der Waals surface area contributed by atoms with Crippen molar-refractivity contribution in [2.45, 2.75) is 0 Å². The van der Waals surface area contributed by atoms with Gasteiger partial charge in [0.2, 0.25) is 0 Å². The summed E-state index contributed by atoms with van der Waals surface area (Å²) in [5.74, 6) is 0. The van der Waals surface area contributed by atoms with E-state index in [1.165, 1.54) is 0 Å². The van der Waals surface area contributed by atoms with E-state index in [1.54, 1.807) is 0 Å². The minimum atomic E-state index is -0.826. The Morgan fingerprint density at radius 2 is 2.12 bits per heavy atom. The second-order valence-corrected chi connectivity index (χ2v) is 6.53. The van der Waals surface area contributed by atoms with Gasteiger partial charge in [-0.3, -0.25) is 0 Å². The van der Waals surface area contributed by atoms with Crippen LogP contribution in [0.25, 0.3) is 0 Å². The van der Waals surface area contributed by atoms with Crippen molar-refractivity contribution in [2.75, 3.05) is 0 Å². The molecular formula is C4H4AsCl2Zr-. The standard InChI is InChI=1S/C4H4As.2ClH.Zr/c1-2-4-5-3-1;;;/h1-3,5H;2*1H;/q-1;;;+2/p-2. The van der Waals surface area contributed by atoms with E-state index in [0.29, 0.717) is 0 Å². The first-order valence-electron chi connectivity index (χ1n) is 1.87. The molecule has 0 N–H and O–H groups in total. The predicted molar refractivity (Wildman–Crippen MR) is 35.8 cm³/mol. The summed E-state index contributed by atoms with van der Waals surface area (Å²) in [4.78, 5) is 5.31. The molecule has 0 aromatic heterocycles. The Labute approximate surface area is 74.7 Å². The molecule has 1 aliphatic rings. The van der Waals surface area contributed by atoms with Crippen molar-refractivity contribution in [2.24, 2.45) is 0 Å². The van der Waals surface area contributed by atoms with E-state index in [4.69, 9.17) is 17.0 Å². The molecule has 0 spiro atoms. The summed E-state index contributed by atoms with van der Waals surface area (Å²) in [5, 5.41) is 0. The van der Waals surface area contributed by atoms with Crippen LogP contribution in [0.1, 0.15) is 0 Å². The Morgan fingerprint density at radius 1 is 1.50 bits per heavy atom. The first-order chi connectivity index (χ1) is 3.91. The summed E-state index contributed by atoms with van der Waals surface area (Å²) in [7, 11) is 9.87. The van der Waals surface area contributed by atoms with Gasteiger partial charge in [0.1, 0.15) is 0 Å². The molecule has 0 saturated carbocycles. The van der Waals surface area contributed by atoms with E-state index in [1.807, 2.05) is 6.08 Å². The first kappa shape index (κ1) is 9.50. The van der Waals surface area contributed by atoms with Crippen molar-refractivity contribution in [3.63, 3.8) is 0 Å². The zero-order chi connectivity index (χ0) is 6.24. The van der Waals surface area contributed by atoms with E-state index in [0.717, 1.165) is 0 Å². The summed E-state index contributed by atoms with van der Waals surface area (Å²) in [6.07, 6.45) is 4.04. The molecule has 0 aliphatic carbocycles. The van der Waals surface area contributed by atoms with Gasteiger partial charge in [0.15, 0.2) is 0 Å². The van der Waals surface area contributed by atoms with E-state index in [-0.39, 0.29) is 15.8 Å². The molecule has 1 aliphatic heterocycles. The molecule has 1 heterocycles. The maximum absolute atomic E-state index is 4.93. The van der Waals surface area contributed by atoms with Crippen molar-refractivity contribution in [3.8, 4) is 0 Å². The summed E-state index contributed by atoms with van der Waals surface area (Å²) in [6, 6.07) is 0. The van der Waals surface area contributed by atoms with Crippen LogP contribution in [0.2, 0.25) is 0 Å². The molecule has 0 amide bonds. The molecule has 1 unspecified atom stereocenters. The third-order valence-electron chi connectivity index (χ3n) is 0.442. The number of hydrogen-bond acceptors (Lipinski definition) is 0. The summed E-state index contributed by atoms with van der Waals surface area (Å²) >= 11 is -0.673. The third-order valence-corrected chi connectivity index (χ3v) is 1.90. The zero-order valence-electron chi connectivity index (χ0n) is 3.99. The van der Waals surface area contributed by atoms with Crippen molar-refractivity contribution >= 4 is 32.8 Å². The molecule has 44 valence electrons. The van der Waals surface area contributed by atoms with Crippen molar-refractivity contribution in [3.05, 3.63) is 21.9 Å². The van der Waals surface area contributed by atoms with E-state index < -0.39 is 20.8 Å². The Bertz CT molecular complexity index is 82.0. The van der Waals surface area contributed by atoms with Gasteiger partial charge in [0.25, 0.3) is 0 Å². The Morgan fingerprint density at radius 3 is 2.25 bits per heavy atom. The van der Waals surface area contributed by atoms with Crippen LogP contribution in [0, 0.1) is 4.86 Å². The number of hydrogen-bond donors (Lipinski definition) is 0. The van der Waals surface area contributed by atoms with Crippen molar-refractivity contribution < 1.29 is 20.8 Å². The molecule has 0 nitrogen and oxygen atoms in total. The van der Waals surface area contributed by atoms with Gasteiger partial charge in [-0.25, -0.2) is 0 Å². The number of allylic oxidation sites excluding steroid dienone is 2. The van der Waals surface area contributed by atoms with Crippen molar-refractivity contribution in [1.82, 2.24) is 0 Å². The van der Waals surface area contributed by atoms with Crippen LogP contribution in [0.15, 0.2) is 17.0 Å². The summed E-state index contributed by atoms with van der Waals surface area (Å²) in [5.41, 5.74) is 0. The molecule has 0 bridgehead atoms. The van der Waals surface area contributed by atoms with Crippen LogP contribution in [-0.2, 0) is 20.8 Å². The molecular weight excluding hydrogens is 285 g/mol. The fraction of sp³-hybridized carbons (Fsp3) is 0. The molecule has 0 radical (unpaired) electrons. The van der Waals surface area contributed by atoms with Crippen LogP contribution in [0.3, 0.4) is 0 Å². The SMILES string of the molecule is [C-]1=CC=C[AsH]1.[Cl][Zr][Cl]. The summed E-state index contributed by atoms with van der Waals surface area (Å²) < 4.78 is 0. The van der Waals surface area contributed by atoms with Gasteiger partial charge in [-0.1, -0.05) is 0 Å². The third kappa shape index (κ3) is 7.50. The van der Waals surface area contributed by atoms with E-state index in [9.17, 15) is 0 Å². The molecule has 1 rings (SSSR count). The monoisotopic (exact) mass is 287 g/mol. The predicted octanol–water partition coefficient (Wildman–Crippen LogP) is 1.64. The van der Waals surface area contributed by atoms with Crippen LogP contribution >= 0.6 is 17.0 Å². The fourth-order valence-electron chi connectivity index (χ4n) is 0.241. The molecule has 0 aromatic carbocycles. The summed E-state index contributed by atoms with van der Waals surface area (Å²) in [6.45, 7) is 0. The van der Waals surface area contributed by atoms with Crippen LogP contribution in [-0.4, -0.2) is 15.8 Å². The number of halogens is 2. The fourth-order valence-corrected chi connectivity index (χ4v) is 1.25. The first-order valence-corrected chi connectivity index (χ1v) is 10.5. The molecule has 0 saturated heterocycles.